The van der Waals surface area contributed by atoms with Crippen molar-refractivity contribution >= 4 is 44.9 Å². The summed E-state index contributed by atoms with van der Waals surface area (Å²) in [6.45, 7) is 0. The Bertz CT molecular complexity index is 3090. The molecule has 2 aliphatic rings. The predicted octanol–water partition coefficient (Wildman–Crippen LogP) is 9.36. The molecule has 1 aliphatic heterocycles. The van der Waals surface area contributed by atoms with E-state index < -0.39 is 11.7 Å². The first-order valence-electron chi connectivity index (χ1n) is 18.1. The molecule has 0 spiro atoms. The summed E-state index contributed by atoms with van der Waals surface area (Å²) < 4.78 is 44.4. The molecule has 0 bridgehead atoms. The smallest absolute Gasteiger partial charge is 0.324 e. The second-order valence-electron chi connectivity index (χ2n) is 13.7. The normalized spacial score (nSPS) is 16.0. The topological polar surface area (TPSA) is 89.3 Å². The molecule has 1 N–H and O–H groups in total. The number of benzene rings is 6. The predicted molar refractivity (Wildman–Crippen MR) is 219 cm³/mol. The summed E-state index contributed by atoms with van der Waals surface area (Å²) in [5.74, 6) is 1.46. The zero-order valence-corrected chi connectivity index (χ0v) is 30.1. The fourth-order valence-corrected chi connectivity index (χ4v) is 7.45. The molecule has 6 aromatic carbocycles. The van der Waals surface area contributed by atoms with E-state index in [0.717, 1.165) is 55.8 Å². The largest absolute Gasteiger partial charge is 0.416 e. The molecule has 1 aliphatic carbocycles. The fraction of sp³-hybridized carbons (Fsp3) is 0.0417. The summed E-state index contributed by atoms with van der Waals surface area (Å²) in [4.78, 5) is 9.96. The van der Waals surface area contributed by atoms with Gasteiger partial charge < -0.3 is 9.88 Å². The lowest BCUT2D eigenvalue weighted by molar-refractivity contribution is -0.0882. The van der Waals surface area contributed by atoms with E-state index in [4.69, 9.17) is 9.98 Å². The second kappa shape index (κ2) is 14.2. The van der Waals surface area contributed by atoms with Gasteiger partial charge in [-0.05, 0) is 82.9 Å². The first kappa shape index (κ1) is 35.0. The Hall–Kier alpha value is -7.75. The molecule has 272 valence electrons. The van der Waals surface area contributed by atoms with Crippen molar-refractivity contribution < 1.29 is 13.2 Å². The van der Waals surface area contributed by atoms with Crippen molar-refractivity contribution in [1.29, 1.82) is 10.5 Å². The summed E-state index contributed by atoms with van der Waals surface area (Å²) in [5, 5.41) is 25.9. The van der Waals surface area contributed by atoms with Gasteiger partial charge >= 0.3 is 6.18 Å². The van der Waals surface area contributed by atoms with E-state index in [1.165, 1.54) is 6.08 Å². The third kappa shape index (κ3) is 6.58. The van der Waals surface area contributed by atoms with E-state index in [2.05, 4.69) is 28.1 Å². The van der Waals surface area contributed by atoms with E-state index >= 15 is 0 Å². The van der Waals surface area contributed by atoms with Crippen molar-refractivity contribution in [3.8, 4) is 29.0 Å². The van der Waals surface area contributed by atoms with Crippen LogP contribution in [0.1, 0.15) is 28.7 Å². The number of amidine groups is 2. The number of fused-ring (bicyclic) bond motifs is 3. The van der Waals surface area contributed by atoms with Crippen LogP contribution in [-0.4, -0.2) is 22.4 Å². The molecule has 1 aromatic heterocycles. The molecule has 2 heterocycles. The molecule has 9 rings (SSSR count). The Labute approximate surface area is 325 Å². The molecule has 0 amide bonds. The Morgan fingerprint density at radius 2 is 1.30 bits per heavy atom. The minimum Gasteiger partial charge on any atom is -0.324 e. The van der Waals surface area contributed by atoms with Crippen LogP contribution in [-0.2, 0) is 0 Å². The number of hydrogen-bond acceptors (Lipinski definition) is 5. The van der Waals surface area contributed by atoms with E-state index in [-0.39, 0.29) is 0 Å². The molecule has 6 nitrogen and oxygen atoms in total. The van der Waals surface area contributed by atoms with Gasteiger partial charge in [0.15, 0.2) is 5.84 Å². The highest BCUT2D eigenvalue weighted by molar-refractivity contribution is 6.16. The van der Waals surface area contributed by atoms with E-state index in [1.54, 1.807) is 24.3 Å². The zero-order valence-electron chi connectivity index (χ0n) is 30.1. The van der Waals surface area contributed by atoms with Crippen LogP contribution in [0, 0.1) is 22.7 Å². The van der Waals surface area contributed by atoms with E-state index in [9.17, 15) is 23.7 Å². The summed E-state index contributed by atoms with van der Waals surface area (Å²) in [6.07, 6.45) is -0.331. The van der Waals surface area contributed by atoms with Crippen molar-refractivity contribution in [3.05, 3.63) is 196 Å². The summed E-state index contributed by atoms with van der Waals surface area (Å²) in [6, 6.07) is 48.5. The number of nitriles is 2. The lowest BCUT2D eigenvalue weighted by atomic mass is 9.98. The molecule has 0 saturated carbocycles. The fourth-order valence-electron chi connectivity index (χ4n) is 7.45. The zero-order chi connectivity index (χ0) is 39.1. The van der Waals surface area contributed by atoms with E-state index in [0.29, 0.717) is 51.1 Å². The maximum atomic E-state index is 14.1. The maximum Gasteiger partial charge on any atom is 0.416 e. The summed E-state index contributed by atoms with van der Waals surface area (Å²) in [7, 11) is 0. The average molecular weight is 747 g/mol. The first-order chi connectivity index (χ1) is 27.8. The third-order valence-electron chi connectivity index (χ3n) is 10.1. The number of aromatic nitrogens is 1. The minimum atomic E-state index is -4.52. The van der Waals surface area contributed by atoms with E-state index in [1.807, 2.05) is 115 Å². The third-order valence-corrected chi connectivity index (χ3v) is 10.1. The number of nitrogens with one attached hydrogen (secondary N) is 1. The maximum absolute atomic E-state index is 14.1. The Morgan fingerprint density at radius 1 is 0.614 bits per heavy atom. The summed E-state index contributed by atoms with van der Waals surface area (Å²) >= 11 is 0. The minimum absolute atomic E-state index is 0.298. The van der Waals surface area contributed by atoms with Gasteiger partial charge in [0.1, 0.15) is 11.7 Å². The monoisotopic (exact) mass is 746 g/mol. The Balaban J connectivity index is 1.33. The van der Waals surface area contributed by atoms with Crippen LogP contribution in [0.5, 0.6) is 0 Å². The lowest BCUT2D eigenvalue weighted by Gasteiger charge is -2.19. The number of nitrogens with zero attached hydrogens (tertiary/aromatic N) is 5. The number of halogens is 3. The van der Waals surface area contributed by atoms with Crippen LogP contribution in [0.4, 0.5) is 13.2 Å². The quantitative estimate of drug-likeness (QED) is 0.195. The van der Waals surface area contributed by atoms with Gasteiger partial charge in [-0.15, -0.1) is 0 Å². The van der Waals surface area contributed by atoms with Gasteiger partial charge in [0.25, 0.3) is 0 Å². The number of allylic oxidation sites excluding steroid dienone is 4. The molecule has 0 fully saturated rings. The summed E-state index contributed by atoms with van der Waals surface area (Å²) in [5.41, 5.74) is 6.37. The molecule has 0 atom stereocenters. The van der Waals surface area contributed by atoms with Crippen LogP contribution in [0.15, 0.2) is 173 Å². The van der Waals surface area contributed by atoms with Crippen molar-refractivity contribution in [3.63, 3.8) is 0 Å². The van der Waals surface area contributed by atoms with Gasteiger partial charge in [0.2, 0.25) is 0 Å². The van der Waals surface area contributed by atoms with Gasteiger partial charge in [-0.25, -0.2) is 9.98 Å². The SMILES string of the molecule is N#Cc1cc(C#N)cc(-c2ccc3c(c2)c2ccccc2n3-c2ccc(=C3C=C(C(F)(F)F)C=CC3)c(=C3N=C(c4ccccc4)N=C(c4ccccc4)N3)c2)c1. The number of rotatable bonds is 4. The van der Waals surface area contributed by atoms with Crippen LogP contribution in [0.3, 0.4) is 0 Å². The number of hydrogen-bond donors (Lipinski definition) is 1. The van der Waals surface area contributed by atoms with Gasteiger partial charge in [0.05, 0.1) is 39.9 Å². The van der Waals surface area contributed by atoms with Crippen LogP contribution in [0.25, 0.3) is 50.0 Å². The molecular formula is C48H29F3N6. The molecule has 7 aromatic rings. The van der Waals surface area contributed by atoms with Crippen molar-refractivity contribution in [2.24, 2.45) is 9.98 Å². The Morgan fingerprint density at radius 3 is 2.02 bits per heavy atom. The van der Waals surface area contributed by atoms with Crippen molar-refractivity contribution in [2.45, 2.75) is 12.6 Å². The Kier molecular flexibility index (Phi) is 8.68. The van der Waals surface area contributed by atoms with Crippen LogP contribution < -0.4 is 15.8 Å². The molecule has 57 heavy (non-hydrogen) atoms. The van der Waals surface area contributed by atoms with Crippen LogP contribution in [0.2, 0.25) is 0 Å². The van der Waals surface area contributed by atoms with Gasteiger partial charge in [-0.3, -0.25) is 0 Å². The van der Waals surface area contributed by atoms with Crippen LogP contribution >= 0.6 is 0 Å². The standard InChI is InChI=1S/C48H29F3N6/c49-48(50,51)37-15-9-14-35(25-37)39-20-19-38(27-42(39)47-55-45(32-10-3-1-4-11-32)54-46(56-47)33-12-5-2-6-13-33)57-43-17-8-7-16-40(43)41-26-34(18-21-44(41)57)36-23-30(28-52)22-31(24-36)29-53/h1-13,15-27H,14H2,(H,54,55,56). The number of aliphatic imine (C=N–C) groups is 2. The molecule has 0 unspecified atom stereocenters. The molecule has 9 heteroatoms. The number of alkyl halides is 3. The second-order valence-corrected chi connectivity index (χ2v) is 13.7. The molecule has 0 radical (unpaired) electrons. The molecular weight excluding hydrogens is 718 g/mol. The van der Waals surface area contributed by atoms with Crippen molar-refractivity contribution in [1.82, 2.24) is 9.88 Å². The first-order valence-corrected chi connectivity index (χ1v) is 18.1. The van der Waals surface area contributed by atoms with Gasteiger partial charge in [-0.2, -0.15) is 23.7 Å². The van der Waals surface area contributed by atoms with Crippen molar-refractivity contribution in [2.75, 3.05) is 0 Å². The average Bonchev–Trinajstić information content (AvgIpc) is 3.60. The number of para-hydroxylation sites is 1. The highest BCUT2D eigenvalue weighted by Gasteiger charge is 2.33. The highest BCUT2D eigenvalue weighted by atomic mass is 19.4. The lowest BCUT2D eigenvalue weighted by Crippen LogP contribution is -2.38. The van der Waals surface area contributed by atoms with Gasteiger partial charge in [-0.1, -0.05) is 103 Å². The van der Waals surface area contributed by atoms with Gasteiger partial charge in [0, 0.05) is 32.8 Å². The highest BCUT2D eigenvalue weighted by Crippen LogP contribution is 2.35. The molecule has 0 saturated heterocycles.